The lowest BCUT2D eigenvalue weighted by molar-refractivity contribution is -0.128. The van der Waals surface area contributed by atoms with Crippen LogP contribution < -0.4 is 20.3 Å². The summed E-state index contributed by atoms with van der Waals surface area (Å²) in [6.45, 7) is 3.34. The van der Waals surface area contributed by atoms with Crippen LogP contribution in [0.5, 0.6) is 11.6 Å². The maximum Gasteiger partial charge on any atom is 0.279 e. The monoisotopic (exact) mass is 423 g/mol. The summed E-state index contributed by atoms with van der Waals surface area (Å²) in [4.78, 5) is 28.5. The number of amides is 2. The molecule has 2 atom stereocenters. The molecular formula is C23H22FN3O4. The molecule has 3 aromatic rings. The number of hydrazine groups is 1. The average Bonchev–Trinajstić information content (AvgIpc) is 2.79. The van der Waals surface area contributed by atoms with Crippen molar-refractivity contribution in [1.82, 2.24) is 15.8 Å². The third-order valence-electron chi connectivity index (χ3n) is 4.37. The molecule has 3 rings (SSSR count). The van der Waals surface area contributed by atoms with E-state index >= 15 is 0 Å². The first kappa shape index (κ1) is 21.8. The van der Waals surface area contributed by atoms with Crippen LogP contribution in [0.2, 0.25) is 0 Å². The third kappa shape index (κ3) is 6.02. The standard InChI is InChI=1S/C23H22FN3O4/c1-15(17-8-4-3-5-9-17)31-21-13-12-18(14-25-21)23(29)27-26-22(28)16(2)30-20-11-7-6-10-19(20)24/h3-16H,1-2H3,(H,26,28)(H,27,29). The summed E-state index contributed by atoms with van der Waals surface area (Å²) in [5.41, 5.74) is 5.74. The smallest absolute Gasteiger partial charge is 0.279 e. The molecule has 8 heteroatoms. The molecule has 1 heterocycles. The maximum atomic E-state index is 13.6. The van der Waals surface area contributed by atoms with Crippen LogP contribution in [0.3, 0.4) is 0 Å². The van der Waals surface area contributed by atoms with E-state index in [4.69, 9.17) is 9.47 Å². The number of para-hydroxylation sites is 1. The number of aromatic nitrogens is 1. The van der Waals surface area contributed by atoms with Crippen LogP contribution in [-0.4, -0.2) is 22.9 Å². The molecule has 0 fully saturated rings. The largest absolute Gasteiger partial charge is 0.478 e. The lowest BCUT2D eigenvalue weighted by atomic mass is 10.1. The fourth-order valence-corrected chi connectivity index (χ4v) is 2.63. The van der Waals surface area contributed by atoms with Gasteiger partial charge < -0.3 is 9.47 Å². The van der Waals surface area contributed by atoms with Crippen molar-refractivity contribution < 1.29 is 23.5 Å². The third-order valence-corrected chi connectivity index (χ3v) is 4.37. The summed E-state index contributed by atoms with van der Waals surface area (Å²) in [5, 5.41) is 0. The van der Waals surface area contributed by atoms with Gasteiger partial charge in [-0.2, -0.15) is 0 Å². The van der Waals surface area contributed by atoms with E-state index in [-0.39, 0.29) is 17.4 Å². The van der Waals surface area contributed by atoms with Crippen molar-refractivity contribution in [3.05, 3.63) is 89.9 Å². The molecule has 160 valence electrons. The number of hydrogen-bond donors (Lipinski definition) is 2. The van der Waals surface area contributed by atoms with Gasteiger partial charge in [-0.25, -0.2) is 9.37 Å². The number of nitrogens with one attached hydrogen (secondary N) is 2. The van der Waals surface area contributed by atoms with Crippen LogP contribution in [0.25, 0.3) is 0 Å². The molecule has 2 aromatic carbocycles. The number of pyridine rings is 1. The zero-order valence-corrected chi connectivity index (χ0v) is 17.0. The summed E-state index contributed by atoms with van der Waals surface area (Å²) in [6, 6.07) is 18.5. The highest BCUT2D eigenvalue weighted by Gasteiger charge is 2.17. The van der Waals surface area contributed by atoms with Crippen LogP contribution in [0, 0.1) is 5.82 Å². The van der Waals surface area contributed by atoms with Gasteiger partial charge in [-0.15, -0.1) is 0 Å². The molecule has 0 saturated carbocycles. The Kier molecular flexibility index (Phi) is 7.16. The minimum atomic E-state index is -1.02. The van der Waals surface area contributed by atoms with Crippen LogP contribution in [0.1, 0.15) is 35.9 Å². The highest BCUT2D eigenvalue weighted by atomic mass is 19.1. The molecule has 0 aliphatic rings. The second-order valence-corrected chi connectivity index (χ2v) is 6.69. The Balaban J connectivity index is 1.50. The summed E-state index contributed by atoms with van der Waals surface area (Å²) < 4.78 is 24.7. The van der Waals surface area contributed by atoms with E-state index in [1.54, 1.807) is 12.1 Å². The van der Waals surface area contributed by atoms with Crippen molar-refractivity contribution in [3.63, 3.8) is 0 Å². The van der Waals surface area contributed by atoms with Gasteiger partial charge in [-0.05, 0) is 37.6 Å². The molecule has 31 heavy (non-hydrogen) atoms. The molecule has 2 amide bonds. The molecule has 0 bridgehead atoms. The molecular weight excluding hydrogens is 401 g/mol. The Bertz CT molecular complexity index is 1030. The number of hydrogen-bond acceptors (Lipinski definition) is 5. The zero-order valence-electron chi connectivity index (χ0n) is 17.0. The van der Waals surface area contributed by atoms with Gasteiger partial charge >= 0.3 is 0 Å². The lowest BCUT2D eigenvalue weighted by Crippen LogP contribution is -2.47. The first-order valence-corrected chi connectivity index (χ1v) is 9.63. The van der Waals surface area contributed by atoms with Gasteiger partial charge in [-0.1, -0.05) is 42.5 Å². The molecule has 0 spiro atoms. The predicted molar refractivity (Wildman–Crippen MR) is 112 cm³/mol. The molecule has 2 unspecified atom stereocenters. The number of rotatable bonds is 7. The zero-order chi connectivity index (χ0) is 22.2. The Morgan fingerprint density at radius 1 is 0.903 bits per heavy atom. The van der Waals surface area contributed by atoms with Crippen LogP contribution >= 0.6 is 0 Å². The summed E-state index contributed by atoms with van der Waals surface area (Å²) in [6.07, 6.45) is 0.113. The summed E-state index contributed by atoms with van der Waals surface area (Å²) in [7, 11) is 0. The topological polar surface area (TPSA) is 89.6 Å². The van der Waals surface area contributed by atoms with Crippen molar-refractivity contribution in [3.8, 4) is 11.6 Å². The number of carbonyl (C=O) groups excluding carboxylic acids is 2. The molecule has 7 nitrogen and oxygen atoms in total. The highest BCUT2D eigenvalue weighted by Crippen LogP contribution is 2.20. The van der Waals surface area contributed by atoms with Crippen molar-refractivity contribution >= 4 is 11.8 Å². The SMILES string of the molecule is CC(Oc1ccccc1F)C(=O)NNC(=O)c1ccc(OC(C)c2ccccc2)nc1. The van der Waals surface area contributed by atoms with Gasteiger partial charge in [0.15, 0.2) is 17.7 Å². The molecule has 0 saturated heterocycles. The van der Waals surface area contributed by atoms with Gasteiger partial charge in [0.25, 0.3) is 11.8 Å². The van der Waals surface area contributed by atoms with E-state index in [0.29, 0.717) is 5.88 Å². The average molecular weight is 423 g/mol. The van der Waals surface area contributed by atoms with E-state index in [0.717, 1.165) is 5.56 Å². The lowest BCUT2D eigenvalue weighted by Gasteiger charge is -2.16. The van der Waals surface area contributed by atoms with Crippen molar-refractivity contribution in [1.29, 1.82) is 0 Å². The van der Waals surface area contributed by atoms with Crippen molar-refractivity contribution in [2.75, 3.05) is 0 Å². The van der Waals surface area contributed by atoms with Gasteiger partial charge in [-0.3, -0.25) is 20.4 Å². The maximum absolute atomic E-state index is 13.6. The number of halogens is 1. The van der Waals surface area contributed by atoms with E-state index in [1.807, 2.05) is 37.3 Å². The molecule has 1 aromatic heterocycles. The second-order valence-electron chi connectivity index (χ2n) is 6.69. The molecule has 2 N–H and O–H groups in total. The van der Waals surface area contributed by atoms with E-state index in [1.165, 1.54) is 37.4 Å². The quantitative estimate of drug-likeness (QED) is 0.567. The van der Waals surface area contributed by atoms with Crippen LogP contribution in [0.15, 0.2) is 72.9 Å². The molecule has 0 radical (unpaired) electrons. The Morgan fingerprint density at radius 2 is 1.61 bits per heavy atom. The van der Waals surface area contributed by atoms with Crippen molar-refractivity contribution in [2.24, 2.45) is 0 Å². The number of nitrogens with zero attached hydrogens (tertiary/aromatic N) is 1. The van der Waals surface area contributed by atoms with Gasteiger partial charge in [0.1, 0.15) is 6.10 Å². The first-order valence-electron chi connectivity index (χ1n) is 9.63. The Labute approximate surface area is 179 Å². The van der Waals surface area contributed by atoms with E-state index in [2.05, 4.69) is 15.8 Å². The fourth-order valence-electron chi connectivity index (χ4n) is 2.63. The van der Waals surface area contributed by atoms with Crippen LogP contribution in [0.4, 0.5) is 4.39 Å². The van der Waals surface area contributed by atoms with E-state index in [9.17, 15) is 14.0 Å². The second kappa shape index (κ2) is 10.2. The highest BCUT2D eigenvalue weighted by molar-refractivity contribution is 5.95. The van der Waals surface area contributed by atoms with Crippen LogP contribution in [-0.2, 0) is 4.79 Å². The number of ether oxygens (including phenoxy) is 2. The first-order chi connectivity index (χ1) is 14.9. The van der Waals surface area contributed by atoms with Gasteiger partial charge in [0.05, 0.1) is 5.56 Å². The number of benzene rings is 2. The predicted octanol–water partition coefficient (Wildman–Crippen LogP) is 3.59. The molecule has 0 aliphatic carbocycles. The normalized spacial score (nSPS) is 12.4. The minimum Gasteiger partial charge on any atom is -0.478 e. The Hall–Kier alpha value is -3.94. The number of carbonyl (C=O) groups is 2. The summed E-state index contributed by atoms with van der Waals surface area (Å²) in [5.74, 6) is -1.48. The van der Waals surface area contributed by atoms with E-state index < -0.39 is 23.7 Å². The fraction of sp³-hybridized carbons (Fsp3) is 0.174. The van der Waals surface area contributed by atoms with Gasteiger partial charge in [0, 0.05) is 12.3 Å². The summed E-state index contributed by atoms with van der Waals surface area (Å²) >= 11 is 0. The molecule has 0 aliphatic heterocycles. The minimum absolute atomic E-state index is 0.0546. The van der Waals surface area contributed by atoms with Gasteiger partial charge in [0.2, 0.25) is 5.88 Å². The van der Waals surface area contributed by atoms with Crippen molar-refractivity contribution in [2.45, 2.75) is 26.1 Å². The Morgan fingerprint density at radius 3 is 2.29 bits per heavy atom.